The van der Waals surface area contributed by atoms with E-state index in [1.807, 2.05) is 0 Å². The number of hydrogen-bond donors (Lipinski definition) is 1. The van der Waals surface area contributed by atoms with Gasteiger partial charge < -0.3 is 5.32 Å². The standard InChI is InChI=1S/C14H29N/c1-4-13-6-8-14(9-7-13)10-12(3)11-15-5-2/h12-15H,4-11H2,1-3H3. The van der Waals surface area contributed by atoms with Crippen LogP contribution >= 0.6 is 0 Å². The van der Waals surface area contributed by atoms with Crippen molar-refractivity contribution in [3.05, 3.63) is 0 Å². The summed E-state index contributed by atoms with van der Waals surface area (Å²) in [6.07, 6.45) is 8.83. The zero-order valence-corrected chi connectivity index (χ0v) is 10.9. The normalized spacial score (nSPS) is 29.0. The van der Waals surface area contributed by atoms with Crippen LogP contribution in [0, 0.1) is 17.8 Å². The third kappa shape index (κ3) is 5.01. The van der Waals surface area contributed by atoms with Crippen LogP contribution in [0.15, 0.2) is 0 Å². The van der Waals surface area contributed by atoms with Crippen molar-refractivity contribution >= 4 is 0 Å². The fraction of sp³-hybridized carbons (Fsp3) is 1.00. The van der Waals surface area contributed by atoms with Crippen LogP contribution in [-0.4, -0.2) is 13.1 Å². The number of hydrogen-bond acceptors (Lipinski definition) is 1. The lowest BCUT2D eigenvalue weighted by molar-refractivity contribution is 0.235. The molecule has 1 atom stereocenters. The van der Waals surface area contributed by atoms with Gasteiger partial charge >= 0.3 is 0 Å². The molecule has 0 spiro atoms. The second kappa shape index (κ2) is 7.27. The summed E-state index contributed by atoms with van der Waals surface area (Å²) in [6.45, 7) is 9.27. The van der Waals surface area contributed by atoms with Crippen LogP contribution in [0.4, 0.5) is 0 Å². The SMILES string of the molecule is CCNCC(C)CC1CCC(CC)CC1. The van der Waals surface area contributed by atoms with E-state index < -0.39 is 0 Å². The molecule has 1 aliphatic rings. The maximum Gasteiger partial charge on any atom is -0.00232 e. The first kappa shape index (κ1) is 13.0. The molecule has 1 unspecified atom stereocenters. The Morgan fingerprint density at radius 2 is 1.67 bits per heavy atom. The first-order valence-corrected chi connectivity index (χ1v) is 6.96. The Bertz CT molecular complexity index is 147. The average Bonchev–Trinajstić information content (AvgIpc) is 2.27. The van der Waals surface area contributed by atoms with Crippen LogP contribution in [-0.2, 0) is 0 Å². The van der Waals surface area contributed by atoms with Crippen molar-refractivity contribution in [3.63, 3.8) is 0 Å². The maximum absolute atomic E-state index is 3.46. The molecule has 0 aromatic rings. The summed E-state index contributed by atoms with van der Waals surface area (Å²) in [5, 5.41) is 3.46. The van der Waals surface area contributed by atoms with E-state index in [1.165, 1.54) is 45.1 Å². The Morgan fingerprint density at radius 1 is 1.07 bits per heavy atom. The molecule has 15 heavy (non-hydrogen) atoms. The van der Waals surface area contributed by atoms with E-state index in [0.29, 0.717) is 0 Å². The Labute approximate surface area is 96.0 Å². The maximum atomic E-state index is 3.46. The Balaban J connectivity index is 2.12. The summed E-state index contributed by atoms with van der Waals surface area (Å²) in [6, 6.07) is 0. The van der Waals surface area contributed by atoms with Gasteiger partial charge in [0.1, 0.15) is 0 Å². The minimum absolute atomic E-state index is 0.869. The van der Waals surface area contributed by atoms with E-state index >= 15 is 0 Å². The van der Waals surface area contributed by atoms with E-state index in [-0.39, 0.29) is 0 Å². The van der Waals surface area contributed by atoms with Gasteiger partial charge in [-0.3, -0.25) is 0 Å². The molecule has 1 saturated carbocycles. The molecule has 0 aromatic carbocycles. The number of nitrogens with one attached hydrogen (secondary N) is 1. The van der Waals surface area contributed by atoms with E-state index in [4.69, 9.17) is 0 Å². The second-order valence-electron chi connectivity index (χ2n) is 5.44. The highest BCUT2D eigenvalue weighted by Crippen LogP contribution is 2.33. The molecule has 90 valence electrons. The van der Waals surface area contributed by atoms with Crippen LogP contribution < -0.4 is 5.32 Å². The summed E-state index contributed by atoms with van der Waals surface area (Å²) in [4.78, 5) is 0. The molecule has 0 saturated heterocycles. The highest BCUT2D eigenvalue weighted by atomic mass is 14.8. The lowest BCUT2D eigenvalue weighted by Gasteiger charge is -2.29. The van der Waals surface area contributed by atoms with Gasteiger partial charge in [0.25, 0.3) is 0 Å². The molecule has 1 aliphatic carbocycles. The third-order valence-electron chi connectivity index (χ3n) is 4.02. The van der Waals surface area contributed by atoms with Gasteiger partial charge in [0.15, 0.2) is 0 Å². The van der Waals surface area contributed by atoms with Gasteiger partial charge in [-0.25, -0.2) is 0 Å². The van der Waals surface area contributed by atoms with E-state index in [9.17, 15) is 0 Å². The van der Waals surface area contributed by atoms with Gasteiger partial charge in [0.05, 0.1) is 0 Å². The van der Waals surface area contributed by atoms with Crippen molar-refractivity contribution in [2.75, 3.05) is 13.1 Å². The smallest absolute Gasteiger partial charge is 0.00232 e. The minimum atomic E-state index is 0.869. The van der Waals surface area contributed by atoms with Crippen LogP contribution in [0.2, 0.25) is 0 Å². The van der Waals surface area contributed by atoms with E-state index in [1.54, 1.807) is 0 Å². The minimum Gasteiger partial charge on any atom is -0.317 e. The van der Waals surface area contributed by atoms with Gasteiger partial charge in [-0.2, -0.15) is 0 Å². The molecule has 0 bridgehead atoms. The Kier molecular flexibility index (Phi) is 6.31. The van der Waals surface area contributed by atoms with Crippen molar-refractivity contribution in [1.29, 1.82) is 0 Å². The molecular weight excluding hydrogens is 182 g/mol. The highest BCUT2D eigenvalue weighted by molar-refractivity contribution is 4.73. The molecule has 1 rings (SSSR count). The summed E-state index contributed by atoms with van der Waals surface area (Å²) in [5.74, 6) is 2.94. The molecular formula is C14H29N. The predicted octanol–water partition coefficient (Wildman–Crippen LogP) is 3.84. The van der Waals surface area contributed by atoms with Crippen molar-refractivity contribution in [1.82, 2.24) is 5.32 Å². The largest absolute Gasteiger partial charge is 0.317 e. The van der Waals surface area contributed by atoms with Crippen LogP contribution in [0.3, 0.4) is 0 Å². The van der Waals surface area contributed by atoms with Crippen molar-refractivity contribution in [3.8, 4) is 0 Å². The fourth-order valence-corrected chi connectivity index (χ4v) is 2.92. The molecule has 1 nitrogen and oxygen atoms in total. The third-order valence-corrected chi connectivity index (χ3v) is 4.02. The lowest BCUT2D eigenvalue weighted by Crippen LogP contribution is -2.24. The van der Waals surface area contributed by atoms with Gasteiger partial charge in [-0.1, -0.05) is 52.9 Å². The topological polar surface area (TPSA) is 12.0 Å². The van der Waals surface area contributed by atoms with Crippen LogP contribution in [0.5, 0.6) is 0 Å². The molecule has 1 N–H and O–H groups in total. The molecule has 1 fully saturated rings. The zero-order chi connectivity index (χ0) is 11.1. The van der Waals surface area contributed by atoms with Gasteiger partial charge in [0.2, 0.25) is 0 Å². The quantitative estimate of drug-likeness (QED) is 0.704. The van der Waals surface area contributed by atoms with Gasteiger partial charge in [-0.15, -0.1) is 0 Å². The highest BCUT2D eigenvalue weighted by Gasteiger charge is 2.21. The van der Waals surface area contributed by atoms with Crippen molar-refractivity contribution in [2.24, 2.45) is 17.8 Å². The Morgan fingerprint density at radius 3 is 2.20 bits per heavy atom. The van der Waals surface area contributed by atoms with E-state index in [0.717, 1.165) is 24.3 Å². The molecule has 0 aliphatic heterocycles. The second-order valence-corrected chi connectivity index (χ2v) is 5.44. The molecule has 0 amide bonds. The van der Waals surface area contributed by atoms with Crippen molar-refractivity contribution < 1.29 is 0 Å². The van der Waals surface area contributed by atoms with Gasteiger partial charge in [0, 0.05) is 0 Å². The predicted molar refractivity (Wildman–Crippen MR) is 68.1 cm³/mol. The first-order chi connectivity index (χ1) is 7.26. The summed E-state index contributed by atoms with van der Waals surface area (Å²) in [7, 11) is 0. The summed E-state index contributed by atoms with van der Waals surface area (Å²) < 4.78 is 0. The molecule has 1 heteroatoms. The molecule has 0 heterocycles. The summed E-state index contributed by atoms with van der Waals surface area (Å²) >= 11 is 0. The van der Waals surface area contributed by atoms with Crippen molar-refractivity contribution in [2.45, 2.75) is 59.3 Å². The monoisotopic (exact) mass is 211 g/mol. The van der Waals surface area contributed by atoms with Crippen LogP contribution in [0.25, 0.3) is 0 Å². The first-order valence-electron chi connectivity index (χ1n) is 6.96. The number of rotatable bonds is 6. The fourth-order valence-electron chi connectivity index (χ4n) is 2.92. The van der Waals surface area contributed by atoms with Gasteiger partial charge in [-0.05, 0) is 37.3 Å². The van der Waals surface area contributed by atoms with Crippen LogP contribution in [0.1, 0.15) is 59.3 Å². The molecule has 0 radical (unpaired) electrons. The zero-order valence-electron chi connectivity index (χ0n) is 10.9. The molecule has 0 aromatic heterocycles. The van der Waals surface area contributed by atoms with E-state index in [2.05, 4.69) is 26.1 Å². The lowest BCUT2D eigenvalue weighted by atomic mass is 9.77. The Hall–Kier alpha value is -0.0400. The average molecular weight is 211 g/mol. The summed E-state index contributed by atoms with van der Waals surface area (Å²) in [5.41, 5.74) is 0.